The van der Waals surface area contributed by atoms with Crippen LogP contribution in [0.1, 0.15) is 48.4 Å². The van der Waals surface area contributed by atoms with Crippen LogP contribution in [0.5, 0.6) is 0 Å². The topological polar surface area (TPSA) is 58.5 Å². The number of aliphatic hydroxyl groups excluding tert-OH is 1. The minimum absolute atomic E-state index is 0.0134. The van der Waals surface area contributed by atoms with Gasteiger partial charge in [0.2, 0.25) is 0 Å². The first-order chi connectivity index (χ1) is 12.7. The summed E-state index contributed by atoms with van der Waals surface area (Å²) in [7, 11) is 0. The van der Waals surface area contributed by atoms with Gasteiger partial charge in [-0.2, -0.15) is 0 Å². The number of aliphatic hydroxyl groups is 1. The number of halogens is 1. The lowest BCUT2D eigenvalue weighted by molar-refractivity contribution is -0.0963. The number of rotatable bonds is 3. The summed E-state index contributed by atoms with van der Waals surface area (Å²) in [6.07, 6.45) is 8.00. The van der Waals surface area contributed by atoms with Gasteiger partial charge in [0.15, 0.2) is 0 Å². The van der Waals surface area contributed by atoms with E-state index in [1.807, 2.05) is 20.0 Å². The Kier molecular flexibility index (Phi) is 6.64. The average Bonchev–Trinajstić information content (AvgIpc) is 3.03. The van der Waals surface area contributed by atoms with Gasteiger partial charge in [0.05, 0.1) is 23.2 Å². The Morgan fingerprint density at radius 2 is 2.08 bits per heavy atom. The third-order valence-corrected chi connectivity index (χ3v) is 6.74. The maximum atomic E-state index is 9.62. The van der Waals surface area contributed by atoms with Crippen molar-refractivity contribution in [1.82, 2.24) is 14.9 Å². The van der Waals surface area contributed by atoms with E-state index < -0.39 is 0 Å². The predicted molar refractivity (Wildman–Crippen MR) is 104 cm³/mol. The summed E-state index contributed by atoms with van der Waals surface area (Å²) in [4.78, 5) is 12.1. The lowest BCUT2D eigenvalue weighted by Gasteiger charge is -2.43. The molecule has 1 spiro atoms. The van der Waals surface area contributed by atoms with Gasteiger partial charge in [-0.1, -0.05) is 25.4 Å². The molecule has 142 valence electrons. The van der Waals surface area contributed by atoms with Gasteiger partial charge >= 0.3 is 0 Å². The molecule has 0 atom stereocenters. The summed E-state index contributed by atoms with van der Waals surface area (Å²) >= 11 is 7.94. The minimum atomic E-state index is -0.228. The lowest BCUT2D eigenvalue weighted by Crippen LogP contribution is -2.45. The van der Waals surface area contributed by atoms with Gasteiger partial charge in [-0.3, -0.25) is 14.9 Å². The largest absolute Gasteiger partial charge is 0.392 e. The Hall–Kier alpha value is -1.05. The number of hydrogen-bond acceptors (Lipinski definition) is 6. The number of nitrogens with zero attached hydrogens (tertiary/aromatic N) is 3. The molecule has 0 aliphatic carbocycles. The van der Waals surface area contributed by atoms with Crippen molar-refractivity contribution in [3.8, 4) is 0 Å². The third kappa shape index (κ3) is 3.80. The molecule has 2 aromatic rings. The van der Waals surface area contributed by atoms with Gasteiger partial charge in [0.25, 0.3) is 0 Å². The quantitative estimate of drug-likeness (QED) is 0.857. The summed E-state index contributed by atoms with van der Waals surface area (Å²) in [6, 6.07) is 0. The number of aromatic nitrogens is 2. The Morgan fingerprint density at radius 3 is 2.73 bits per heavy atom. The van der Waals surface area contributed by atoms with Crippen LogP contribution in [0.15, 0.2) is 18.6 Å². The molecular formula is C19H26ClN3O2S. The van der Waals surface area contributed by atoms with Crippen molar-refractivity contribution in [2.45, 2.75) is 51.9 Å². The summed E-state index contributed by atoms with van der Waals surface area (Å²) in [5.41, 5.74) is 2.90. The molecular weight excluding hydrogens is 370 g/mol. The van der Waals surface area contributed by atoms with E-state index in [1.54, 1.807) is 23.7 Å². The molecule has 0 amide bonds. The highest BCUT2D eigenvalue weighted by Crippen LogP contribution is 2.48. The molecule has 0 aromatic carbocycles. The van der Waals surface area contributed by atoms with Gasteiger partial charge in [-0.05, 0) is 24.8 Å². The number of hydrogen-bond donors (Lipinski definition) is 1. The molecule has 2 aliphatic rings. The molecule has 7 heteroatoms. The summed E-state index contributed by atoms with van der Waals surface area (Å²) < 4.78 is 6.98. The molecule has 1 N–H and O–H groups in total. The number of thiophene rings is 1. The van der Waals surface area contributed by atoms with Gasteiger partial charge in [-0.25, -0.2) is 0 Å². The Balaban J connectivity index is 0.000000948. The highest BCUT2D eigenvalue weighted by atomic mass is 35.5. The second-order valence-corrected chi connectivity index (χ2v) is 8.01. The van der Waals surface area contributed by atoms with E-state index in [0.717, 1.165) is 54.5 Å². The molecule has 26 heavy (non-hydrogen) atoms. The van der Waals surface area contributed by atoms with Crippen LogP contribution in [-0.2, 0) is 29.9 Å². The summed E-state index contributed by atoms with van der Waals surface area (Å²) in [6.45, 7) is 7.46. The zero-order valence-corrected chi connectivity index (χ0v) is 16.9. The number of ether oxygens (including phenoxy) is 1. The van der Waals surface area contributed by atoms with Crippen LogP contribution >= 0.6 is 22.9 Å². The van der Waals surface area contributed by atoms with E-state index >= 15 is 0 Å². The zero-order valence-electron chi connectivity index (χ0n) is 15.4. The smallest absolute Gasteiger partial charge is 0.105 e. The van der Waals surface area contributed by atoms with Crippen molar-refractivity contribution >= 4 is 22.9 Å². The molecule has 1 fully saturated rings. The van der Waals surface area contributed by atoms with E-state index in [4.69, 9.17) is 16.3 Å². The van der Waals surface area contributed by atoms with Crippen molar-refractivity contribution in [1.29, 1.82) is 0 Å². The van der Waals surface area contributed by atoms with Crippen molar-refractivity contribution in [2.24, 2.45) is 0 Å². The maximum absolute atomic E-state index is 9.62. The standard InChI is InChI=1S/C17H20ClN3O2S.C2H6/c18-16-14(11-22)13-1-8-23-17(15(13)24-16)2-6-21(7-3-17)10-12-9-19-4-5-20-12;1-2/h4-5,9,22H,1-3,6-8,10-11H2;1-2H3. The number of fused-ring (bicyclic) bond motifs is 2. The fourth-order valence-corrected chi connectivity index (χ4v) is 5.45. The van der Waals surface area contributed by atoms with Crippen molar-refractivity contribution in [2.75, 3.05) is 19.7 Å². The molecule has 1 saturated heterocycles. The van der Waals surface area contributed by atoms with Crippen LogP contribution in [0, 0.1) is 0 Å². The second-order valence-electron chi connectivity index (χ2n) is 6.39. The van der Waals surface area contributed by atoms with Crippen LogP contribution in [0.4, 0.5) is 0 Å². The summed E-state index contributed by atoms with van der Waals surface area (Å²) in [5.74, 6) is 0. The van der Waals surface area contributed by atoms with Crippen LogP contribution in [0.25, 0.3) is 0 Å². The number of piperidine rings is 1. The second kappa shape index (κ2) is 8.76. The van der Waals surface area contributed by atoms with Crippen LogP contribution in [0.3, 0.4) is 0 Å². The maximum Gasteiger partial charge on any atom is 0.105 e. The van der Waals surface area contributed by atoms with Crippen molar-refractivity contribution in [3.63, 3.8) is 0 Å². The van der Waals surface area contributed by atoms with Crippen LogP contribution in [0.2, 0.25) is 4.34 Å². The predicted octanol–water partition coefficient (Wildman–Crippen LogP) is 3.77. The monoisotopic (exact) mass is 395 g/mol. The van der Waals surface area contributed by atoms with E-state index in [1.165, 1.54) is 10.4 Å². The Bertz CT molecular complexity index is 715. The van der Waals surface area contributed by atoms with Gasteiger partial charge in [0, 0.05) is 48.7 Å². The van der Waals surface area contributed by atoms with Crippen molar-refractivity contribution in [3.05, 3.63) is 44.6 Å². The number of likely N-dealkylation sites (tertiary alicyclic amines) is 1. The molecule has 4 heterocycles. The summed E-state index contributed by atoms with van der Waals surface area (Å²) in [5, 5.41) is 9.62. The SMILES string of the molecule is CC.OCc1c(Cl)sc2c1CCOC21CCN(Cc2cnccn2)CC1. The average molecular weight is 396 g/mol. The zero-order chi connectivity index (χ0) is 18.6. The van der Waals surface area contributed by atoms with E-state index in [2.05, 4.69) is 14.9 Å². The molecule has 0 unspecified atom stereocenters. The van der Waals surface area contributed by atoms with Gasteiger partial charge in [-0.15, -0.1) is 11.3 Å². The van der Waals surface area contributed by atoms with Gasteiger partial charge < -0.3 is 9.84 Å². The van der Waals surface area contributed by atoms with E-state index in [0.29, 0.717) is 6.61 Å². The van der Waals surface area contributed by atoms with E-state index in [9.17, 15) is 5.11 Å². The highest BCUT2D eigenvalue weighted by molar-refractivity contribution is 7.16. The van der Waals surface area contributed by atoms with E-state index in [-0.39, 0.29) is 12.2 Å². The minimum Gasteiger partial charge on any atom is -0.392 e. The molecule has 4 rings (SSSR count). The Morgan fingerprint density at radius 1 is 1.31 bits per heavy atom. The molecule has 0 radical (unpaired) electrons. The first-order valence-electron chi connectivity index (χ1n) is 9.24. The molecule has 2 aromatic heterocycles. The lowest BCUT2D eigenvalue weighted by atomic mass is 9.84. The third-order valence-electron chi connectivity index (χ3n) is 5.04. The molecule has 0 saturated carbocycles. The molecule has 0 bridgehead atoms. The first kappa shape index (κ1) is 19.7. The normalized spacial score (nSPS) is 18.9. The first-order valence-corrected chi connectivity index (χ1v) is 10.4. The van der Waals surface area contributed by atoms with Crippen LogP contribution in [-0.4, -0.2) is 39.7 Å². The van der Waals surface area contributed by atoms with Gasteiger partial charge in [0.1, 0.15) is 5.60 Å². The Labute approximate surface area is 164 Å². The fourth-order valence-electron chi connectivity index (χ4n) is 3.76. The van der Waals surface area contributed by atoms with Crippen LogP contribution < -0.4 is 0 Å². The molecule has 2 aliphatic heterocycles. The molecule has 5 nitrogen and oxygen atoms in total. The highest BCUT2D eigenvalue weighted by Gasteiger charge is 2.43. The fraction of sp³-hybridized carbons (Fsp3) is 0.579. The van der Waals surface area contributed by atoms with Crippen molar-refractivity contribution < 1.29 is 9.84 Å².